The van der Waals surface area contributed by atoms with Crippen molar-refractivity contribution in [2.45, 2.75) is 19.8 Å². The van der Waals surface area contributed by atoms with Crippen molar-refractivity contribution < 1.29 is 9.59 Å². The highest BCUT2D eigenvalue weighted by atomic mass is 16.2. The molecule has 0 bridgehead atoms. The maximum absolute atomic E-state index is 12.9. The Hall–Kier alpha value is -4.19. The summed E-state index contributed by atoms with van der Waals surface area (Å²) in [7, 11) is 0. The number of rotatable bonds is 9. The lowest BCUT2D eigenvalue weighted by atomic mass is 10.1. The molecule has 34 heavy (non-hydrogen) atoms. The monoisotopic (exact) mass is 452 g/mol. The van der Waals surface area contributed by atoms with Gasteiger partial charge in [-0.3, -0.25) is 9.59 Å². The minimum Gasteiger partial charge on any atom is -0.334 e. The van der Waals surface area contributed by atoms with Crippen LogP contribution in [0, 0.1) is 0 Å². The smallest absolute Gasteiger partial charge is 0.245 e. The van der Waals surface area contributed by atoms with Gasteiger partial charge in [0.15, 0.2) is 0 Å². The van der Waals surface area contributed by atoms with E-state index < -0.39 is 0 Å². The number of aromatic nitrogens is 2. The molecule has 1 heterocycles. The molecule has 0 aliphatic carbocycles. The van der Waals surface area contributed by atoms with Crippen LogP contribution in [0.4, 0.5) is 5.82 Å². The Morgan fingerprint density at radius 1 is 0.882 bits per heavy atom. The van der Waals surface area contributed by atoms with Crippen LogP contribution in [0.2, 0.25) is 0 Å². The lowest BCUT2D eigenvalue weighted by Crippen LogP contribution is -2.38. The number of aryl methyl sites for hydroxylation is 1. The summed E-state index contributed by atoms with van der Waals surface area (Å²) in [5.74, 6) is 0.262. The van der Waals surface area contributed by atoms with Crippen molar-refractivity contribution in [2.24, 2.45) is 0 Å². The molecule has 6 nitrogen and oxygen atoms in total. The van der Waals surface area contributed by atoms with Gasteiger partial charge >= 0.3 is 0 Å². The van der Waals surface area contributed by atoms with Gasteiger partial charge in [-0.05, 0) is 31.0 Å². The van der Waals surface area contributed by atoms with Crippen LogP contribution in [0.3, 0.4) is 0 Å². The van der Waals surface area contributed by atoms with E-state index in [9.17, 15) is 9.59 Å². The summed E-state index contributed by atoms with van der Waals surface area (Å²) in [6.07, 6.45) is 1.02. The summed E-state index contributed by atoms with van der Waals surface area (Å²) in [5.41, 5.74) is 3.66. The molecule has 0 saturated heterocycles. The first-order chi connectivity index (χ1) is 16.6. The average molecular weight is 453 g/mol. The highest BCUT2D eigenvalue weighted by Gasteiger charge is 2.18. The van der Waals surface area contributed by atoms with Crippen molar-refractivity contribution >= 4 is 17.6 Å². The first-order valence-electron chi connectivity index (χ1n) is 11.5. The van der Waals surface area contributed by atoms with Gasteiger partial charge in [0.2, 0.25) is 11.8 Å². The maximum Gasteiger partial charge on any atom is 0.245 e. The van der Waals surface area contributed by atoms with Crippen molar-refractivity contribution in [1.82, 2.24) is 14.7 Å². The van der Waals surface area contributed by atoms with Gasteiger partial charge in [0.05, 0.1) is 17.9 Å². The van der Waals surface area contributed by atoms with Gasteiger partial charge in [0.1, 0.15) is 5.82 Å². The first kappa shape index (κ1) is 23.0. The number of anilines is 1. The van der Waals surface area contributed by atoms with E-state index in [2.05, 4.69) is 5.32 Å². The molecule has 172 valence electrons. The van der Waals surface area contributed by atoms with E-state index in [4.69, 9.17) is 5.10 Å². The van der Waals surface area contributed by atoms with E-state index in [1.807, 2.05) is 104 Å². The molecule has 2 amide bonds. The number of carbonyl (C=O) groups excluding carboxylic acids is 2. The van der Waals surface area contributed by atoms with Crippen LogP contribution in [-0.4, -0.2) is 39.6 Å². The predicted molar refractivity (Wildman–Crippen MR) is 135 cm³/mol. The summed E-state index contributed by atoms with van der Waals surface area (Å²) in [4.78, 5) is 27.3. The fraction of sp³-hybridized carbons (Fsp3) is 0.179. The van der Waals surface area contributed by atoms with Crippen LogP contribution < -0.4 is 5.32 Å². The van der Waals surface area contributed by atoms with E-state index in [0.717, 1.165) is 22.5 Å². The summed E-state index contributed by atoms with van der Waals surface area (Å²) < 4.78 is 1.72. The normalized spacial score (nSPS) is 10.6. The van der Waals surface area contributed by atoms with Crippen molar-refractivity contribution in [3.05, 3.63) is 103 Å². The van der Waals surface area contributed by atoms with E-state index in [-0.39, 0.29) is 18.4 Å². The molecule has 0 fully saturated rings. The highest BCUT2D eigenvalue weighted by molar-refractivity contribution is 5.94. The Labute approximate surface area is 199 Å². The van der Waals surface area contributed by atoms with Gasteiger partial charge in [-0.2, -0.15) is 5.10 Å². The molecule has 1 N–H and O–H groups in total. The molecule has 0 unspecified atom stereocenters. The zero-order chi connectivity index (χ0) is 23.8. The molecule has 0 spiro atoms. The summed E-state index contributed by atoms with van der Waals surface area (Å²) in [6, 6.07) is 31.2. The largest absolute Gasteiger partial charge is 0.334 e. The van der Waals surface area contributed by atoms with Gasteiger partial charge in [-0.1, -0.05) is 78.9 Å². The second kappa shape index (κ2) is 11.1. The van der Waals surface area contributed by atoms with Gasteiger partial charge in [0.25, 0.3) is 0 Å². The minimum absolute atomic E-state index is 0.00916. The quantitative estimate of drug-likeness (QED) is 0.390. The third-order valence-electron chi connectivity index (χ3n) is 5.59. The molecule has 0 saturated carbocycles. The zero-order valence-corrected chi connectivity index (χ0v) is 19.2. The number of para-hydroxylation sites is 1. The number of nitrogens with one attached hydrogen (secondary N) is 1. The van der Waals surface area contributed by atoms with Crippen molar-refractivity contribution in [1.29, 1.82) is 0 Å². The molecular weight excluding hydrogens is 424 g/mol. The molecular formula is C28H28N4O2. The lowest BCUT2D eigenvalue weighted by molar-refractivity contribution is -0.134. The number of amides is 2. The lowest BCUT2D eigenvalue weighted by Gasteiger charge is -2.20. The Bertz CT molecular complexity index is 1220. The molecule has 4 aromatic rings. The molecule has 3 aromatic carbocycles. The van der Waals surface area contributed by atoms with Crippen LogP contribution in [-0.2, 0) is 16.0 Å². The number of nitrogens with zero attached hydrogens (tertiary/aromatic N) is 3. The van der Waals surface area contributed by atoms with Gasteiger partial charge in [0, 0.05) is 24.6 Å². The topological polar surface area (TPSA) is 67.2 Å². The number of carbonyl (C=O) groups is 2. The van der Waals surface area contributed by atoms with Crippen molar-refractivity contribution in [3.8, 4) is 16.9 Å². The Balaban J connectivity index is 1.48. The second-order valence-electron chi connectivity index (χ2n) is 7.97. The van der Waals surface area contributed by atoms with Crippen LogP contribution in [0.5, 0.6) is 0 Å². The number of likely N-dealkylation sites (N-methyl/N-ethyl adjacent to an activating group) is 1. The van der Waals surface area contributed by atoms with Crippen LogP contribution in [0.25, 0.3) is 16.9 Å². The van der Waals surface area contributed by atoms with E-state index in [0.29, 0.717) is 25.2 Å². The van der Waals surface area contributed by atoms with E-state index >= 15 is 0 Å². The number of hydrogen-bond donors (Lipinski definition) is 1. The van der Waals surface area contributed by atoms with Crippen molar-refractivity contribution in [3.63, 3.8) is 0 Å². The molecule has 0 aliphatic heterocycles. The molecule has 0 radical (unpaired) electrons. The molecule has 6 heteroatoms. The summed E-state index contributed by atoms with van der Waals surface area (Å²) in [6.45, 7) is 2.34. The van der Waals surface area contributed by atoms with Gasteiger partial charge in [-0.25, -0.2) is 4.68 Å². The average Bonchev–Trinajstić information content (AvgIpc) is 3.31. The Morgan fingerprint density at radius 3 is 2.15 bits per heavy atom. The first-order valence-corrected chi connectivity index (χ1v) is 11.5. The van der Waals surface area contributed by atoms with Crippen LogP contribution >= 0.6 is 0 Å². The molecule has 4 rings (SSSR count). The third kappa shape index (κ3) is 5.78. The van der Waals surface area contributed by atoms with E-state index in [1.54, 1.807) is 9.58 Å². The molecule has 0 atom stereocenters. The highest BCUT2D eigenvalue weighted by Crippen LogP contribution is 2.24. The standard InChI is InChI=1S/C28H28N4O2/c1-2-31(28(34)19-18-22-12-6-3-7-13-22)21-27(33)29-26-20-25(23-14-8-4-9-15-23)30-32(26)24-16-10-5-11-17-24/h3-17,20H,2,18-19,21H2,1H3,(H,29,33). The fourth-order valence-corrected chi connectivity index (χ4v) is 3.77. The maximum atomic E-state index is 12.9. The minimum atomic E-state index is -0.258. The zero-order valence-electron chi connectivity index (χ0n) is 19.2. The Kier molecular flexibility index (Phi) is 7.50. The Morgan fingerprint density at radius 2 is 1.50 bits per heavy atom. The number of benzene rings is 3. The SMILES string of the molecule is CCN(CC(=O)Nc1cc(-c2ccccc2)nn1-c1ccccc1)C(=O)CCc1ccccc1. The van der Waals surface area contributed by atoms with Crippen LogP contribution in [0.1, 0.15) is 18.9 Å². The van der Waals surface area contributed by atoms with Crippen LogP contribution in [0.15, 0.2) is 97.1 Å². The van der Waals surface area contributed by atoms with Gasteiger partial charge < -0.3 is 10.2 Å². The second-order valence-corrected chi connectivity index (χ2v) is 7.97. The summed E-state index contributed by atoms with van der Waals surface area (Å²) >= 11 is 0. The molecule has 0 aliphatic rings. The van der Waals surface area contributed by atoms with E-state index in [1.165, 1.54) is 0 Å². The van der Waals surface area contributed by atoms with Crippen molar-refractivity contribution in [2.75, 3.05) is 18.4 Å². The summed E-state index contributed by atoms with van der Waals surface area (Å²) in [5, 5.41) is 7.68. The number of hydrogen-bond acceptors (Lipinski definition) is 3. The molecule has 1 aromatic heterocycles. The predicted octanol–water partition coefficient (Wildman–Crippen LogP) is 4.96. The third-order valence-corrected chi connectivity index (χ3v) is 5.59. The fourth-order valence-electron chi connectivity index (χ4n) is 3.77. The van der Waals surface area contributed by atoms with Gasteiger partial charge in [-0.15, -0.1) is 0 Å².